The average Bonchev–Trinajstić information content (AvgIpc) is 2.59. The Kier molecular flexibility index (Phi) is 2.41. The molecule has 2 aromatic heterocycles. The van der Waals surface area contributed by atoms with Gasteiger partial charge in [0.2, 0.25) is 5.65 Å². The van der Waals surface area contributed by atoms with Crippen molar-refractivity contribution in [3.05, 3.63) is 6.20 Å². The molecule has 0 amide bonds. The maximum absolute atomic E-state index is 4.26. The number of hydrogen-bond acceptors (Lipinski definition) is 5. The molecule has 0 unspecified atom stereocenters. The minimum absolute atomic E-state index is 0.691. The maximum Gasteiger partial charge on any atom is 0.201 e. The molecule has 0 atom stereocenters. The number of aromatic nitrogens is 4. The highest BCUT2D eigenvalue weighted by molar-refractivity contribution is 7.99. The Morgan fingerprint density at radius 3 is 2.85 bits per heavy atom. The zero-order valence-corrected chi connectivity index (χ0v) is 8.87. The Morgan fingerprint density at radius 1 is 1.31 bits per heavy atom. The van der Waals surface area contributed by atoms with Crippen LogP contribution in [0.25, 0.3) is 11.2 Å². The molecular weight excluding hydrogens is 204 g/mol. The van der Waals surface area contributed by atoms with Crippen molar-refractivity contribution in [3.8, 4) is 0 Å². The van der Waals surface area contributed by atoms with Crippen molar-refractivity contribution in [2.45, 2.75) is 10.1 Å². The summed E-state index contributed by atoms with van der Waals surface area (Å²) in [5, 5.41) is 8.69. The van der Waals surface area contributed by atoms with Gasteiger partial charge in [-0.25, -0.2) is 4.98 Å². The fraction of sp³-hybridized carbons (Fsp3) is 0.286. The van der Waals surface area contributed by atoms with Crippen LogP contribution in [0.15, 0.2) is 16.2 Å². The molecule has 0 spiro atoms. The number of imidazole rings is 1. The van der Waals surface area contributed by atoms with Gasteiger partial charge in [-0.3, -0.25) is 0 Å². The molecule has 68 valence electrons. The Morgan fingerprint density at radius 2 is 2.15 bits per heavy atom. The molecule has 13 heavy (non-hydrogen) atoms. The van der Waals surface area contributed by atoms with Crippen LogP contribution in [0, 0.1) is 0 Å². The summed E-state index contributed by atoms with van der Waals surface area (Å²) in [6.07, 6.45) is 5.73. The smallest absolute Gasteiger partial charge is 0.201 e. The highest BCUT2D eigenvalue weighted by Gasteiger charge is 2.07. The number of thioether (sulfide) groups is 2. The van der Waals surface area contributed by atoms with Crippen molar-refractivity contribution in [2.24, 2.45) is 0 Å². The number of fused-ring (bicyclic) bond motifs is 1. The summed E-state index contributed by atoms with van der Waals surface area (Å²) in [7, 11) is 0. The highest BCUT2D eigenvalue weighted by Crippen LogP contribution is 2.23. The van der Waals surface area contributed by atoms with Gasteiger partial charge in [0.25, 0.3) is 0 Å². The van der Waals surface area contributed by atoms with E-state index >= 15 is 0 Å². The second-order valence-corrected chi connectivity index (χ2v) is 4.00. The molecule has 2 heterocycles. The quantitative estimate of drug-likeness (QED) is 0.769. The fourth-order valence-electron chi connectivity index (χ4n) is 1.04. The largest absolute Gasteiger partial charge is 0.331 e. The standard InChI is InChI=1S/C7H8N4S2/c1-12-4-3-8-11-6-5(4)9-7(10-6)13-2/h3H,1-2H3,(H,9,10,11). The van der Waals surface area contributed by atoms with E-state index in [1.165, 1.54) is 0 Å². The van der Waals surface area contributed by atoms with Crippen LogP contribution in [0.5, 0.6) is 0 Å². The topological polar surface area (TPSA) is 54.5 Å². The molecule has 2 rings (SSSR count). The molecular formula is C7H8N4S2. The van der Waals surface area contributed by atoms with E-state index in [0.29, 0.717) is 5.65 Å². The first-order chi connectivity index (χ1) is 6.35. The van der Waals surface area contributed by atoms with Crippen molar-refractivity contribution in [1.82, 2.24) is 20.2 Å². The van der Waals surface area contributed by atoms with E-state index in [1.54, 1.807) is 29.7 Å². The van der Waals surface area contributed by atoms with Gasteiger partial charge in [-0.1, -0.05) is 11.8 Å². The van der Waals surface area contributed by atoms with E-state index < -0.39 is 0 Å². The zero-order chi connectivity index (χ0) is 9.26. The summed E-state index contributed by atoms with van der Waals surface area (Å²) < 4.78 is 0. The van der Waals surface area contributed by atoms with Gasteiger partial charge in [0.05, 0.1) is 11.1 Å². The number of nitrogens with one attached hydrogen (secondary N) is 1. The molecule has 1 N–H and O–H groups in total. The molecule has 0 aliphatic rings. The monoisotopic (exact) mass is 212 g/mol. The summed E-state index contributed by atoms with van der Waals surface area (Å²) in [4.78, 5) is 8.53. The molecule has 0 aliphatic carbocycles. The molecule has 0 aliphatic heterocycles. The molecule has 0 saturated carbocycles. The normalized spacial score (nSPS) is 10.9. The predicted octanol–water partition coefficient (Wildman–Crippen LogP) is 1.80. The van der Waals surface area contributed by atoms with Crippen LogP contribution in [0.1, 0.15) is 0 Å². The van der Waals surface area contributed by atoms with Gasteiger partial charge in [0.1, 0.15) is 5.52 Å². The number of nitrogens with zero attached hydrogens (tertiary/aromatic N) is 3. The second-order valence-electron chi connectivity index (χ2n) is 2.36. The van der Waals surface area contributed by atoms with Crippen molar-refractivity contribution < 1.29 is 0 Å². The van der Waals surface area contributed by atoms with E-state index in [2.05, 4.69) is 20.2 Å². The minimum atomic E-state index is 0.691. The first-order valence-corrected chi connectivity index (χ1v) is 6.09. The van der Waals surface area contributed by atoms with Gasteiger partial charge >= 0.3 is 0 Å². The summed E-state index contributed by atoms with van der Waals surface area (Å²) in [5.41, 5.74) is 1.67. The average molecular weight is 212 g/mol. The maximum atomic E-state index is 4.26. The number of hydrogen-bond donors (Lipinski definition) is 1. The number of H-pyrrole nitrogens is 1. The first kappa shape index (κ1) is 8.83. The molecule has 0 saturated heterocycles. The third-order valence-electron chi connectivity index (χ3n) is 1.65. The van der Waals surface area contributed by atoms with Gasteiger partial charge in [-0.15, -0.1) is 16.9 Å². The van der Waals surface area contributed by atoms with Crippen molar-refractivity contribution in [3.63, 3.8) is 0 Å². The van der Waals surface area contributed by atoms with Crippen LogP contribution in [0.3, 0.4) is 0 Å². The lowest BCUT2D eigenvalue weighted by Crippen LogP contribution is -1.83. The second kappa shape index (κ2) is 3.55. The molecule has 0 radical (unpaired) electrons. The van der Waals surface area contributed by atoms with E-state index in [1.807, 2.05) is 12.5 Å². The lowest BCUT2D eigenvalue weighted by Gasteiger charge is -1.93. The van der Waals surface area contributed by atoms with Gasteiger partial charge < -0.3 is 4.98 Å². The SMILES string of the molecule is CSc1nc2nncc(SC)c2[nH]1. The van der Waals surface area contributed by atoms with Crippen LogP contribution in [-0.4, -0.2) is 32.7 Å². The molecule has 4 nitrogen and oxygen atoms in total. The van der Waals surface area contributed by atoms with Crippen LogP contribution < -0.4 is 0 Å². The van der Waals surface area contributed by atoms with Gasteiger partial charge in [0.15, 0.2) is 5.16 Å². The lowest BCUT2D eigenvalue weighted by atomic mass is 10.5. The zero-order valence-electron chi connectivity index (χ0n) is 7.24. The Balaban J connectivity index is 2.67. The third kappa shape index (κ3) is 1.51. The van der Waals surface area contributed by atoms with E-state index in [9.17, 15) is 0 Å². The third-order valence-corrected chi connectivity index (χ3v) is 2.98. The number of rotatable bonds is 2. The van der Waals surface area contributed by atoms with Crippen LogP contribution in [0.4, 0.5) is 0 Å². The minimum Gasteiger partial charge on any atom is -0.331 e. The van der Waals surface area contributed by atoms with E-state index in [-0.39, 0.29) is 0 Å². The summed E-state index contributed by atoms with van der Waals surface area (Å²) >= 11 is 3.21. The van der Waals surface area contributed by atoms with Crippen LogP contribution in [-0.2, 0) is 0 Å². The molecule has 0 bridgehead atoms. The van der Waals surface area contributed by atoms with Gasteiger partial charge in [-0.05, 0) is 12.5 Å². The number of aromatic amines is 1. The van der Waals surface area contributed by atoms with Gasteiger partial charge in [0, 0.05) is 0 Å². The highest BCUT2D eigenvalue weighted by atomic mass is 32.2. The predicted molar refractivity (Wildman–Crippen MR) is 55.2 cm³/mol. The van der Waals surface area contributed by atoms with E-state index in [0.717, 1.165) is 15.6 Å². The van der Waals surface area contributed by atoms with Crippen LogP contribution >= 0.6 is 23.5 Å². The molecule has 0 fully saturated rings. The Bertz CT molecular complexity index is 425. The summed E-state index contributed by atoms with van der Waals surface area (Å²) in [5.74, 6) is 0. The van der Waals surface area contributed by atoms with Crippen molar-refractivity contribution in [1.29, 1.82) is 0 Å². The summed E-state index contributed by atoms with van der Waals surface area (Å²) in [6, 6.07) is 0. The molecule has 6 heteroatoms. The first-order valence-electron chi connectivity index (χ1n) is 3.64. The summed E-state index contributed by atoms with van der Waals surface area (Å²) in [6.45, 7) is 0. The molecule has 2 aromatic rings. The Hall–Kier alpha value is -0.750. The molecule has 0 aromatic carbocycles. The van der Waals surface area contributed by atoms with Crippen molar-refractivity contribution >= 4 is 34.7 Å². The lowest BCUT2D eigenvalue weighted by molar-refractivity contribution is 1.02. The van der Waals surface area contributed by atoms with Crippen molar-refractivity contribution in [2.75, 3.05) is 12.5 Å². The van der Waals surface area contributed by atoms with Crippen LogP contribution in [0.2, 0.25) is 0 Å². The van der Waals surface area contributed by atoms with E-state index in [4.69, 9.17) is 0 Å². The fourth-order valence-corrected chi connectivity index (χ4v) is 1.92. The van der Waals surface area contributed by atoms with Gasteiger partial charge in [-0.2, -0.15) is 5.10 Å². The Labute approximate surface area is 83.9 Å².